The summed E-state index contributed by atoms with van der Waals surface area (Å²) in [7, 11) is 0. The number of hydrogen-bond donors (Lipinski definition) is 2. The second-order valence-corrected chi connectivity index (χ2v) is 5.59. The molecule has 1 saturated heterocycles. The van der Waals surface area contributed by atoms with Gasteiger partial charge in [0.2, 0.25) is 0 Å². The predicted molar refractivity (Wildman–Crippen MR) is 78.9 cm³/mol. The van der Waals surface area contributed by atoms with Crippen molar-refractivity contribution in [3.63, 3.8) is 0 Å². The molecule has 1 aromatic carbocycles. The van der Waals surface area contributed by atoms with Crippen molar-refractivity contribution in [1.29, 1.82) is 0 Å². The largest absolute Gasteiger partial charge is 0.381 e. The smallest absolute Gasteiger partial charge is 0.268 e. The Balaban J connectivity index is 1.67. The Morgan fingerprint density at radius 2 is 2.38 bits per heavy atom. The lowest BCUT2D eigenvalue weighted by Gasteiger charge is -2.08. The fourth-order valence-corrected chi connectivity index (χ4v) is 2.82. The van der Waals surface area contributed by atoms with Crippen LogP contribution in [0, 0.1) is 18.7 Å². The maximum absolute atomic E-state index is 13.3. The van der Waals surface area contributed by atoms with Gasteiger partial charge in [-0.1, -0.05) is 0 Å². The SMILES string of the molecule is Cc1c(C(=O)NCC[C@@H]2CCOC2)[nH]c2ccc(F)cc12. The van der Waals surface area contributed by atoms with E-state index in [-0.39, 0.29) is 11.7 Å². The zero-order chi connectivity index (χ0) is 14.8. The van der Waals surface area contributed by atoms with Crippen molar-refractivity contribution in [2.24, 2.45) is 5.92 Å². The van der Waals surface area contributed by atoms with Crippen LogP contribution in [0.25, 0.3) is 10.9 Å². The van der Waals surface area contributed by atoms with Crippen LogP contribution in [0.4, 0.5) is 4.39 Å². The van der Waals surface area contributed by atoms with Crippen molar-refractivity contribution in [2.45, 2.75) is 19.8 Å². The minimum atomic E-state index is -0.294. The average molecular weight is 290 g/mol. The Bertz CT molecular complexity index is 660. The molecule has 1 aliphatic rings. The van der Waals surface area contributed by atoms with Gasteiger partial charge in [-0.15, -0.1) is 0 Å². The molecule has 0 unspecified atom stereocenters. The minimum Gasteiger partial charge on any atom is -0.381 e. The molecular weight excluding hydrogens is 271 g/mol. The van der Waals surface area contributed by atoms with Crippen LogP contribution in [0.2, 0.25) is 0 Å². The van der Waals surface area contributed by atoms with E-state index in [4.69, 9.17) is 4.74 Å². The number of benzene rings is 1. The summed E-state index contributed by atoms with van der Waals surface area (Å²) in [6.45, 7) is 4.08. The van der Waals surface area contributed by atoms with E-state index in [1.54, 1.807) is 6.07 Å². The van der Waals surface area contributed by atoms with E-state index in [0.717, 1.165) is 42.5 Å². The van der Waals surface area contributed by atoms with Gasteiger partial charge in [0.1, 0.15) is 11.5 Å². The van der Waals surface area contributed by atoms with Gasteiger partial charge in [-0.3, -0.25) is 4.79 Å². The lowest BCUT2D eigenvalue weighted by atomic mass is 10.1. The number of amides is 1. The number of aryl methyl sites for hydroxylation is 1. The highest BCUT2D eigenvalue weighted by molar-refractivity contribution is 6.00. The molecule has 1 amide bonds. The van der Waals surface area contributed by atoms with Crippen molar-refractivity contribution in [1.82, 2.24) is 10.3 Å². The number of carbonyl (C=O) groups excluding carboxylic acids is 1. The highest BCUT2D eigenvalue weighted by atomic mass is 19.1. The number of hydrogen-bond acceptors (Lipinski definition) is 2. The summed E-state index contributed by atoms with van der Waals surface area (Å²) >= 11 is 0. The molecule has 0 bridgehead atoms. The summed E-state index contributed by atoms with van der Waals surface area (Å²) in [5.41, 5.74) is 2.08. The van der Waals surface area contributed by atoms with E-state index in [2.05, 4.69) is 10.3 Å². The lowest BCUT2D eigenvalue weighted by Crippen LogP contribution is -2.26. The topological polar surface area (TPSA) is 54.1 Å². The van der Waals surface area contributed by atoms with E-state index in [1.807, 2.05) is 6.92 Å². The Kier molecular flexibility index (Phi) is 3.92. The monoisotopic (exact) mass is 290 g/mol. The zero-order valence-corrected chi connectivity index (χ0v) is 12.0. The highest BCUT2D eigenvalue weighted by Gasteiger charge is 2.17. The zero-order valence-electron chi connectivity index (χ0n) is 12.0. The maximum Gasteiger partial charge on any atom is 0.268 e. The Morgan fingerprint density at radius 3 is 3.14 bits per heavy atom. The lowest BCUT2D eigenvalue weighted by molar-refractivity contribution is 0.0945. The van der Waals surface area contributed by atoms with E-state index < -0.39 is 0 Å². The molecule has 5 heteroatoms. The van der Waals surface area contributed by atoms with Crippen LogP contribution < -0.4 is 5.32 Å². The molecule has 4 nitrogen and oxygen atoms in total. The minimum absolute atomic E-state index is 0.136. The van der Waals surface area contributed by atoms with Gasteiger partial charge in [-0.05, 0) is 49.4 Å². The van der Waals surface area contributed by atoms with E-state index >= 15 is 0 Å². The normalized spacial score (nSPS) is 18.3. The quantitative estimate of drug-likeness (QED) is 0.909. The Labute approximate surface area is 122 Å². The summed E-state index contributed by atoms with van der Waals surface area (Å²) < 4.78 is 18.6. The molecule has 3 rings (SSSR count). The van der Waals surface area contributed by atoms with Gasteiger partial charge in [-0.25, -0.2) is 4.39 Å². The third-order valence-corrected chi connectivity index (χ3v) is 4.11. The van der Waals surface area contributed by atoms with Gasteiger partial charge >= 0.3 is 0 Å². The van der Waals surface area contributed by atoms with Gasteiger partial charge in [0.15, 0.2) is 0 Å². The second-order valence-electron chi connectivity index (χ2n) is 5.59. The van der Waals surface area contributed by atoms with Crippen molar-refractivity contribution < 1.29 is 13.9 Å². The van der Waals surface area contributed by atoms with Crippen LogP contribution in [-0.4, -0.2) is 30.6 Å². The fourth-order valence-electron chi connectivity index (χ4n) is 2.82. The molecule has 2 N–H and O–H groups in total. The van der Waals surface area contributed by atoms with Crippen molar-refractivity contribution in [2.75, 3.05) is 19.8 Å². The van der Waals surface area contributed by atoms with Crippen molar-refractivity contribution in [3.05, 3.63) is 35.3 Å². The van der Waals surface area contributed by atoms with E-state index in [1.165, 1.54) is 12.1 Å². The standard InChI is InChI=1S/C16H19FN2O2/c1-10-13-8-12(17)2-3-14(13)19-15(10)16(20)18-6-4-11-5-7-21-9-11/h2-3,8,11,19H,4-7,9H2,1H3,(H,18,20)/t11-/m1/s1. The summed E-state index contributed by atoms with van der Waals surface area (Å²) in [5, 5.41) is 3.68. The predicted octanol–water partition coefficient (Wildman–Crippen LogP) is 2.77. The first-order valence-electron chi connectivity index (χ1n) is 7.29. The fraction of sp³-hybridized carbons (Fsp3) is 0.438. The van der Waals surface area contributed by atoms with Crippen molar-refractivity contribution in [3.8, 4) is 0 Å². The third-order valence-electron chi connectivity index (χ3n) is 4.11. The molecule has 21 heavy (non-hydrogen) atoms. The van der Waals surface area contributed by atoms with Gasteiger partial charge in [0, 0.05) is 30.7 Å². The summed E-state index contributed by atoms with van der Waals surface area (Å²) in [6, 6.07) is 4.50. The van der Waals surface area contributed by atoms with Gasteiger partial charge in [0.05, 0.1) is 0 Å². The molecule has 2 aromatic rings. The van der Waals surface area contributed by atoms with Crippen LogP contribution in [0.1, 0.15) is 28.9 Å². The first kappa shape index (κ1) is 14.1. The number of aromatic amines is 1. The van der Waals surface area contributed by atoms with Gasteiger partial charge < -0.3 is 15.0 Å². The number of halogens is 1. The summed E-state index contributed by atoms with van der Waals surface area (Å²) in [5.74, 6) is 0.115. The molecule has 0 saturated carbocycles. The molecule has 0 spiro atoms. The number of ether oxygens (including phenoxy) is 1. The van der Waals surface area contributed by atoms with E-state index in [9.17, 15) is 9.18 Å². The number of nitrogens with one attached hydrogen (secondary N) is 2. The van der Waals surface area contributed by atoms with Gasteiger partial charge in [-0.2, -0.15) is 0 Å². The number of fused-ring (bicyclic) bond motifs is 1. The number of aromatic nitrogens is 1. The maximum atomic E-state index is 13.3. The average Bonchev–Trinajstić information content (AvgIpc) is 3.08. The summed E-state index contributed by atoms with van der Waals surface area (Å²) in [6.07, 6.45) is 2.00. The van der Waals surface area contributed by atoms with E-state index in [0.29, 0.717) is 18.2 Å². The molecule has 1 aromatic heterocycles. The first-order chi connectivity index (χ1) is 10.1. The molecule has 112 valence electrons. The number of carbonyl (C=O) groups is 1. The third kappa shape index (κ3) is 2.93. The molecular formula is C16H19FN2O2. The van der Waals surface area contributed by atoms with Crippen LogP contribution in [0.15, 0.2) is 18.2 Å². The van der Waals surface area contributed by atoms with Crippen LogP contribution in [0.3, 0.4) is 0 Å². The molecule has 1 fully saturated rings. The molecule has 1 atom stereocenters. The van der Waals surface area contributed by atoms with Crippen LogP contribution >= 0.6 is 0 Å². The summed E-state index contributed by atoms with van der Waals surface area (Å²) in [4.78, 5) is 15.3. The van der Waals surface area contributed by atoms with Crippen LogP contribution in [-0.2, 0) is 4.74 Å². The number of rotatable bonds is 4. The molecule has 2 heterocycles. The Hall–Kier alpha value is -1.88. The second kappa shape index (κ2) is 5.85. The highest BCUT2D eigenvalue weighted by Crippen LogP contribution is 2.22. The van der Waals surface area contributed by atoms with Crippen LogP contribution in [0.5, 0.6) is 0 Å². The van der Waals surface area contributed by atoms with Gasteiger partial charge in [0.25, 0.3) is 5.91 Å². The first-order valence-corrected chi connectivity index (χ1v) is 7.29. The molecule has 0 radical (unpaired) electrons. The number of H-pyrrole nitrogens is 1. The van der Waals surface area contributed by atoms with Crippen molar-refractivity contribution >= 4 is 16.8 Å². The molecule has 1 aliphatic heterocycles. The Morgan fingerprint density at radius 1 is 1.52 bits per heavy atom. The molecule has 0 aliphatic carbocycles.